The molecule has 1 aliphatic heterocycles. The number of allylic oxidation sites excluding steroid dienone is 5. The molecular weight excluding hydrogens is 688 g/mol. The fraction of sp³-hybridized carbons (Fsp3) is 0.841. The number of carbonyl (C=O) groups is 1. The van der Waals surface area contributed by atoms with Crippen molar-refractivity contribution < 1.29 is 27.8 Å². The summed E-state index contributed by atoms with van der Waals surface area (Å²) in [5.41, 5.74) is 3.19. The van der Waals surface area contributed by atoms with Crippen molar-refractivity contribution in [2.75, 3.05) is 44.4 Å². The Morgan fingerprint density at radius 2 is 1.68 bits per heavy atom. The van der Waals surface area contributed by atoms with E-state index in [-0.39, 0.29) is 45.1 Å². The van der Waals surface area contributed by atoms with Crippen LogP contribution in [0, 0.1) is 56.7 Å². The van der Waals surface area contributed by atoms with Crippen molar-refractivity contribution in [3.8, 4) is 0 Å². The summed E-state index contributed by atoms with van der Waals surface area (Å²) in [6.07, 6.45) is 15.8. The van der Waals surface area contributed by atoms with E-state index in [4.69, 9.17) is 0 Å². The van der Waals surface area contributed by atoms with Crippen molar-refractivity contribution in [3.63, 3.8) is 0 Å². The van der Waals surface area contributed by atoms with Crippen LogP contribution in [-0.2, 0) is 14.6 Å². The highest BCUT2D eigenvalue weighted by molar-refractivity contribution is 7.91. The lowest BCUT2D eigenvalue weighted by molar-refractivity contribution is -0.221. The highest BCUT2D eigenvalue weighted by Gasteiger charge is 2.70. The van der Waals surface area contributed by atoms with Gasteiger partial charge in [0.05, 0.1) is 23.0 Å². The van der Waals surface area contributed by atoms with Crippen LogP contribution < -0.4 is 5.32 Å². The molecule has 1 saturated heterocycles. The van der Waals surface area contributed by atoms with Gasteiger partial charge < -0.3 is 15.5 Å². The Morgan fingerprint density at radius 3 is 2.30 bits per heavy atom. The maximum Gasteiger partial charge on any atom is 0.312 e. The summed E-state index contributed by atoms with van der Waals surface area (Å²) in [5, 5.41) is 25.1. The fourth-order valence-corrected chi connectivity index (χ4v) is 16.0. The smallest absolute Gasteiger partial charge is 0.312 e. The van der Waals surface area contributed by atoms with Gasteiger partial charge >= 0.3 is 5.97 Å². The molecule has 11 unspecified atom stereocenters. The van der Waals surface area contributed by atoms with Gasteiger partial charge in [-0.3, -0.25) is 9.69 Å². The van der Waals surface area contributed by atoms with Crippen LogP contribution >= 0.6 is 0 Å². The Bertz CT molecular complexity index is 1640. The van der Waals surface area contributed by atoms with Crippen LogP contribution in [-0.4, -0.2) is 85.5 Å². The number of halogens is 1. The number of nitrogens with zero attached hydrogens (tertiary/aromatic N) is 1. The van der Waals surface area contributed by atoms with E-state index in [2.05, 4.69) is 70.5 Å². The molecule has 0 amide bonds. The van der Waals surface area contributed by atoms with E-state index >= 15 is 0 Å². The van der Waals surface area contributed by atoms with E-state index < -0.39 is 34.0 Å². The lowest BCUT2D eigenvalue weighted by atomic mass is 9.33. The number of alkyl halides is 1. The molecule has 298 valence electrons. The number of carboxylic acid groups (broad SMARTS) is 1. The number of aliphatic carboxylic acids is 1. The van der Waals surface area contributed by atoms with Crippen LogP contribution in [0.25, 0.3) is 0 Å². The number of sulfone groups is 1. The Balaban J connectivity index is 1.12. The van der Waals surface area contributed by atoms with Gasteiger partial charge in [-0.15, -0.1) is 0 Å². The zero-order chi connectivity index (χ0) is 38.4. The molecule has 4 saturated carbocycles. The van der Waals surface area contributed by atoms with Gasteiger partial charge in [-0.05, 0) is 146 Å². The predicted molar refractivity (Wildman–Crippen MR) is 210 cm³/mol. The van der Waals surface area contributed by atoms with Gasteiger partial charge in [0.1, 0.15) is 6.67 Å². The monoisotopic (exact) mass is 756 g/mol. The summed E-state index contributed by atoms with van der Waals surface area (Å²) in [6.45, 7) is 20.8. The number of aliphatic hydroxyl groups is 1. The van der Waals surface area contributed by atoms with E-state index in [0.29, 0.717) is 68.6 Å². The lowest BCUT2D eigenvalue weighted by Crippen LogP contribution is -2.68. The van der Waals surface area contributed by atoms with E-state index in [1.165, 1.54) is 48.8 Å². The number of hydrogen-bond acceptors (Lipinski definition) is 6. The molecule has 0 radical (unpaired) electrons. The molecule has 7 aliphatic rings. The molecule has 6 aliphatic carbocycles. The standard InChI is InChI=1S/C44H69FN2O5S/c1-29(2)32-12-19-44(46-26-31(48)27-47-22-24-53(51,52)25-23-47)21-20-41(6)34(37(32)44)8-9-36-40(5)15-13-33(39(3,4)35(40)14-16-42(36,41)7)30-10-17-43(28-45,18-11-30)38(49)50/h10,13,31-32,34-37,46,48H,1,8-9,11-12,14-28H2,2-7H3,(H,49,50). The number of carboxylic acids is 1. The zero-order valence-electron chi connectivity index (χ0n) is 33.6. The van der Waals surface area contributed by atoms with Crippen molar-refractivity contribution >= 4 is 15.8 Å². The number of aliphatic hydroxyl groups excluding tert-OH is 1. The summed E-state index contributed by atoms with van der Waals surface area (Å²) in [5.74, 6) is 2.05. The molecule has 53 heavy (non-hydrogen) atoms. The molecule has 9 heteroatoms. The minimum Gasteiger partial charge on any atom is -0.481 e. The summed E-state index contributed by atoms with van der Waals surface area (Å²) >= 11 is 0. The average molecular weight is 757 g/mol. The van der Waals surface area contributed by atoms with Gasteiger partial charge in [0.25, 0.3) is 0 Å². The molecular formula is C44H69FN2O5S. The number of rotatable bonds is 9. The molecule has 5 fully saturated rings. The minimum absolute atomic E-state index is 0.0110. The maximum absolute atomic E-state index is 14.0. The SMILES string of the molecule is C=C(C)C1CCC2(NCC(O)CN3CCS(=O)(=O)CC3)CCC3(C)C(CCC4C5(C)CC=C(C6=CCC(CF)(C(=O)O)CC6)C(C)(C)C5CCC43C)C12. The highest BCUT2D eigenvalue weighted by Crippen LogP contribution is 2.76. The second-order valence-electron chi connectivity index (χ2n) is 20.5. The second kappa shape index (κ2) is 13.5. The molecule has 0 spiro atoms. The van der Waals surface area contributed by atoms with E-state index in [1.54, 1.807) is 0 Å². The first kappa shape index (κ1) is 39.7. The first-order chi connectivity index (χ1) is 24.8. The van der Waals surface area contributed by atoms with Crippen molar-refractivity contribution in [3.05, 3.63) is 35.5 Å². The number of fused-ring (bicyclic) bond motifs is 7. The molecule has 0 aromatic heterocycles. The highest BCUT2D eigenvalue weighted by atomic mass is 32.2. The Kier molecular flexibility index (Phi) is 10.1. The third kappa shape index (κ3) is 6.18. The van der Waals surface area contributed by atoms with E-state index in [1.807, 2.05) is 0 Å². The van der Waals surface area contributed by atoms with Gasteiger partial charge in [-0.25, -0.2) is 12.8 Å². The van der Waals surface area contributed by atoms with Gasteiger partial charge in [0.15, 0.2) is 9.84 Å². The quantitative estimate of drug-likeness (QED) is 0.207. The number of β-amino-alcohol motifs (C(OH)–C–C–N with tert-alkyl or cyclic N) is 1. The normalized spacial score (nSPS) is 45.4. The molecule has 0 aromatic rings. The first-order valence-corrected chi connectivity index (χ1v) is 22.8. The molecule has 0 aromatic carbocycles. The second-order valence-corrected chi connectivity index (χ2v) is 22.8. The van der Waals surface area contributed by atoms with Crippen LogP contribution in [0.2, 0.25) is 0 Å². The Labute approximate surface area is 319 Å². The Hall–Kier alpha value is -1.55. The predicted octanol–water partition coefficient (Wildman–Crippen LogP) is 7.76. The van der Waals surface area contributed by atoms with E-state index in [0.717, 1.165) is 25.7 Å². The Morgan fingerprint density at radius 1 is 0.962 bits per heavy atom. The summed E-state index contributed by atoms with van der Waals surface area (Å²) in [4.78, 5) is 14.1. The van der Waals surface area contributed by atoms with Crippen LogP contribution in [0.15, 0.2) is 35.5 Å². The maximum atomic E-state index is 14.0. The van der Waals surface area contributed by atoms with E-state index in [9.17, 15) is 27.8 Å². The summed E-state index contributed by atoms with van der Waals surface area (Å²) in [6, 6.07) is 0. The summed E-state index contributed by atoms with van der Waals surface area (Å²) in [7, 11) is -2.95. The molecule has 3 N–H and O–H groups in total. The van der Waals surface area contributed by atoms with Crippen molar-refractivity contribution in [2.45, 2.75) is 130 Å². The molecule has 0 bridgehead atoms. The van der Waals surface area contributed by atoms with Crippen LogP contribution in [0.4, 0.5) is 4.39 Å². The largest absolute Gasteiger partial charge is 0.481 e. The third-order valence-corrected chi connectivity index (χ3v) is 19.5. The van der Waals surface area contributed by atoms with Crippen LogP contribution in [0.1, 0.15) is 119 Å². The van der Waals surface area contributed by atoms with Crippen molar-refractivity contribution in [2.24, 2.45) is 56.7 Å². The van der Waals surface area contributed by atoms with Gasteiger partial charge in [0.2, 0.25) is 0 Å². The first-order valence-electron chi connectivity index (χ1n) is 21.0. The molecule has 7 rings (SSSR count). The topological polar surface area (TPSA) is 107 Å². The summed E-state index contributed by atoms with van der Waals surface area (Å²) < 4.78 is 37.9. The van der Waals surface area contributed by atoms with Crippen molar-refractivity contribution in [1.29, 1.82) is 0 Å². The minimum atomic E-state index is -2.95. The number of nitrogens with one attached hydrogen (secondary N) is 1. The zero-order valence-corrected chi connectivity index (χ0v) is 34.4. The molecule has 7 nitrogen and oxygen atoms in total. The fourth-order valence-electron chi connectivity index (χ4n) is 14.7. The van der Waals surface area contributed by atoms with Crippen LogP contribution in [0.5, 0.6) is 0 Å². The average Bonchev–Trinajstić information content (AvgIpc) is 3.49. The van der Waals surface area contributed by atoms with Gasteiger partial charge in [-0.1, -0.05) is 58.9 Å². The number of hydrogen-bond donors (Lipinski definition) is 3. The van der Waals surface area contributed by atoms with Crippen LogP contribution in [0.3, 0.4) is 0 Å². The van der Waals surface area contributed by atoms with Gasteiger partial charge in [-0.2, -0.15) is 0 Å². The third-order valence-electron chi connectivity index (χ3n) is 17.9. The van der Waals surface area contributed by atoms with Crippen molar-refractivity contribution in [1.82, 2.24) is 10.2 Å². The molecule has 1 heterocycles. The lowest BCUT2D eigenvalue weighted by Gasteiger charge is -2.72. The van der Waals surface area contributed by atoms with Gasteiger partial charge in [0, 0.05) is 31.7 Å². The molecule has 11 atom stereocenters.